The molecule has 0 aliphatic heterocycles. The molecule has 166 valence electrons. The predicted molar refractivity (Wildman–Crippen MR) is 116 cm³/mol. The van der Waals surface area contributed by atoms with Gasteiger partial charge in [-0.15, -0.1) is 11.3 Å². The molecule has 3 aromatic heterocycles. The summed E-state index contributed by atoms with van der Waals surface area (Å²) in [4.78, 5) is 22.0. The van der Waals surface area contributed by atoms with Gasteiger partial charge in [0.2, 0.25) is 0 Å². The summed E-state index contributed by atoms with van der Waals surface area (Å²) in [6.07, 6.45) is 1.75. The molecule has 1 aromatic carbocycles. The third kappa shape index (κ3) is 4.26. The molecule has 32 heavy (non-hydrogen) atoms. The first kappa shape index (κ1) is 22.0. The second-order valence-corrected chi connectivity index (χ2v) is 8.32. The quantitative estimate of drug-likeness (QED) is 0.391. The number of carbonyl (C=O) groups is 1. The van der Waals surface area contributed by atoms with Gasteiger partial charge in [-0.25, -0.2) is 18.7 Å². The van der Waals surface area contributed by atoms with Gasteiger partial charge in [-0.05, 0) is 38.1 Å². The Kier molecular flexibility index (Phi) is 6.29. The van der Waals surface area contributed by atoms with Gasteiger partial charge in [0.1, 0.15) is 23.9 Å². The number of aryl methyl sites for hydroxylation is 2. The van der Waals surface area contributed by atoms with Gasteiger partial charge in [-0.2, -0.15) is 0 Å². The van der Waals surface area contributed by atoms with Crippen LogP contribution in [0.3, 0.4) is 0 Å². The van der Waals surface area contributed by atoms with Crippen LogP contribution in [0.5, 0.6) is 5.75 Å². The van der Waals surface area contributed by atoms with Gasteiger partial charge in [-0.3, -0.25) is 9.20 Å². The summed E-state index contributed by atoms with van der Waals surface area (Å²) in [5.74, 6) is -1.69. The SMILES string of the molecule is Cc1csc(C(CO)CC(=O)c2c(C)nc3c(OCc4c(F)cccc4F)cccn23)n1. The van der Waals surface area contributed by atoms with Gasteiger partial charge < -0.3 is 9.84 Å². The fourth-order valence-electron chi connectivity index (χ4n) is 3.53. The molecule has 0 fully saturated rings. The molecule has 3 heterocycles. The highest BCUT2D eigenvalue weighted by Gasteiger charge is 2.24. The van der Waals surface area contributed by atoms with Crippen LogP contribution >= 0.6 is 11.3 Å². The molecule has 0 aliphatic carbocycles. The molecule has 0 bridgehead atoms. The number of ether oxygens (including phenoxy) is 1. The lowest BCUT2D eigenvalue weighted by Gasteiger charge is -2.11. The Labute approximate surface area is 187 Å². The minimum Gasteiger partial charge on any atom is -0.485 e. The van der Waals surface area contributed by atoms with Crippen molar-refractivity contribution < 1.29 is 23.4 Å². The van der Waals surface area contributed by atoms with E-state index >= 15 is 0 Å². The summed E-state index contributed by atoms with van der Waals surface area (Å²) in [5, 5.41) is 12.4. The second kappa shape index (κ2) is 9.13. The van der Waals surface area contributed by atoms with E-state index in [1.807, 2.05) is 12.3 Å². The summed E-state index contributed by atoms with van der Waals surface area (Å²) >= 11 is 1.41. The molecule has 9 heteroatoms. The fourth-order valence-corrected chi connectivity index (χ4v) is 4.43. The van der Waals surface area contributed by atoms with Crippen LogP contribution in [0.1, 0.15) is 44.8 Å². The monoisotopic (exact) mass is 457 g/mol. The molecular formula is C23H21F2N3O3S. The zero-order chi connectivity index (χ0) is 22.8. The van der Waals surface area contributed by atoms with Crippen LogP contribution in [0.15, 0.2) is 41.9 Å². The minimum atomic E-state index is -0.695. The first-order valence-electron chi connectivity index (χ1n) is 9.98. The van der Waals surface area contributed by atoms with Crippen LogP contribution in [-0.4, -0.2) is 31.9 Å². The number of aliphatic hydroxyl groups excluding tert-OH is 1. The number of carbonyl (C=O) groups excluding carboxylic acids is 1. The van der Waals surface area contributed by atoms with Crippen LogP contribution < -0.4 is 4.74 Å². The van der Waals surface area contributed by atoms with Gasteiger partial charge in [0.15, 0.2) is 17.2 Å². The summed E-state index contributed by atoms with van der Waals surface area (Å²) in [6, 6.07) is 6.92. The highest BCUT2D eigenvalue weighted by atomic mass is 32.1. The largest absolute Gasteiger partial charge is 0.485 e. The van der Waals surface area contributed by atoms with E-state index in [4.69, 9.17) is 4.74 Å². The highest BCUT2D eigenvalue weighted by Crippen LogP contribution is 2.28. The first-order valence-corrected chi connectivity index (χ1v) is 10.9. The molecule has 0 saturated heterocycles. The van der Waals surface area contributed by atoms with E-state index in [9.17, 15) is 18.7 Å². The number of pyridine rings is 1. The summed E-state index contributed by atoms with van der Waals surface area (Å²) in [5.41, 5.74) is 1.90. The van der Waals surface area contributed by atoms with Crippen molar-refractivity contribution in [3.63, 3.8) is 0 Å². The van der Waals surface area contributed by atoms with E-state index < -0.39 is 17.6 Å². The number of rotatable bonds is 8. The van der Waals surface area contributed by atoms with E-state index in [0.29, 0.717) is 27.8 Å². The maximum atomic E-state index is 13.9. The lowest BCUT2D eigenvalue weighted by Crippen LogP contribution is -2.13. The van der Waals surface area contributed by atoms with Crippen molar-refractivity contribution in [2.45, 2.75) is 32.8 Å². The number of aliphatic hydroxyl groups is 1. The van der Waals surface area contributed by atoms with Gasteiger partial charge in [-0.1, -0.05) is 6.07 Å². The second-order valence-electron chi connectivity index (χ2n) is 7.43. The average molecular weight is 458 g/mol. The number of nitrogens with zero attached hydrogens (tertiary/aromatic N) is 3. The van der Waals surface area contributed by atoms with Crippen molar-refractivity contribution in [3.8, 4) is 5.75 Å². The molecule has 4 rings (SSSR count). The summed E-state index contributed by atoms with van der Waals surface area (Å²) < 4.78 is 35.1. The smallest absolute Gasteiger partial charge is 0.182 e. The third-order valence-electron chi connectivity index (χ3n) is 5.12. The molecule has 0 radical (unpaired) electrons. The molecule has 6 nitrogen and oxygen atoms in total. The van der Waals surface area contributed by atoms with E-state index in [1.54, 1.807) is 29.7 Å². The maximum absolute atomic E-state index is 13.9. The average Bonchev–Trinajstić information content (AvgIpc) is 3.34. The van der Waals surface area contributed by atoms with Crippen LogP contribution in [0.25, 0.3) is 5.65 Å². The number of aromatic nitrogens is 3. The molecule has 0 aliphatic rings. The van der Waals surface area contributed by atoms with E-state index in [2.05, 4.69) is 9.97 Å². The van der Waals surface area contributed by atoms with Gasteiger partial charge in [0.05, 0.1) is 22.9 Å². The van der Waals surface area contributed by atoms with Crippen molar-refractivity contribution in [1.29, 1.82) is 0 Å². The van der Waals surface area contributed by atoms with E-state index in [0.717, 1.165) is 5.69 Å². The van der Waals surface area contributed by atoms with E-state index in [1.165, 1.54) is 29.5 Å². The molecule has 1 atom stereocenters. The maximum Gasteiger partial charge on any atom is 0.182 e. The Morgan fingerprint density at radius 2 is 1.94 bits per heavy atom. The zero-order valence-electron chi connectivity index (χ0n) is 17.5. The van der Waals surface area contributed by atoms with Crippen molar-refractivity contribution in [3.05, 3.63) is 81.2 Å². The number of halogens is 2. The first-order chi connectivity index (χ1) is 15.4. The topological polar surface area (TPSA) is 76.7 Å². The van der Waals surface area contributed by atoms with Crippen LogP contribution in [0.2, 0.25) is 0 Å². The number of hydrogen-bond donors (Lipinski definition) is 1. The lowest BCUT2D eigenvalue weighted by atomic mass is 10.0. The molecule has 0 saturated carbocycles. The Balaban J connectivity index is 1.61. The molecular weight excluding hydrogens is 436 g/mol. The number of thiazole rings is 1. The Bertz CT molecular complexity index is 1260. The van der Waals surface area contributed by atoms with Crippen molar-refractivity contribution in [2.75, 3.05) is 6.61 Å². The van der Waals surface area contributed by atoms with Crippen LogP contribution in [0.4, 0.5) is 8.78 Å². The molecule has 0 spiro atoms. The Hall–Kier alpha value is -3.17. The number of ketones is 1. The third-order valence-corrected chi connectivity index (χ3v) is 6.25. The number of imidazole rings is 1. The number of Topliss-reactive ketones (excluding diaryl/α,β-unsaturated/α-hetero) is 1. The normalized spacial score (nSPS) is 12.3. The molecule has 1 unspecified atom stereocenters. The fraction of sp³-hybridized carbons (Fsp3) is 0.261. The highest BCUT2D eigenvalue weighted by molar-refractivity contribution is 7.09. The minimum absolute atomic E-state index is 0.0730. The summed E-state index contributed by atoms with van der Waals surface area (Å²) in [6.45, 7) is 3.06. The van der Waals surface area contributed by atoms with Crippen molar-refractivity contribution >= 4 is 22.8 Å². The summed E-state index contributed by atoms with van der Waals surface area (Å²) in [7, 11) is 0. The lowest BCUT2D eigenvalue weighted by molar-refractivity contribution is 0.0953. The van der Waals surface area contributed by atoms with Crippen molar-refractivity contribution in [2.24, 2.45) is 0 Å². The van der Waals surface area contributed by atoms with Gasteiger partial charge in [0, 0.05) is 29.6 Å². The number of fused-ring (bicyclic) bond motifs is 1. The standard InChI is InChI=1S/C23H21F2N3O3S/c1-13-12-32-23(26-13)15(10-29)9-19(30)21-14(2)27-22-20(7-4-8-28(21)22)31-11-16-17(24)5-3-6-18(16)25/h3-8,12,15,29H,9-11H2,1-2H3. The molecule has 4 aromatic rings. The van der Waals surface area contributed by atoms with Gasteiger partial charge >= 0.3 is 0 Å². The number of hydrogen-bond acceptors (Lipinski definition) is 6. The van der Waals surface area contributed by atoms with Crippen LogP contribution in [-0.2, 0) is 6.61 Å². The van der Waals surface area contributed by atoms with Crippen molar-refractivity contribution in [1.82, 2.24) is 14.4 Å². The molecule has 0 amide bonds. The molecule has 1 N–H and O–H groups in total. The van der Waals surface area contributed by atoms with E-state index in [-0.39, 0.29) is 31.0 Å². The predicted octanol–water partition coefficient (Wildman–Crippen LogP) is 4.61. The zero-order valence-corrected chi connectivity index (χ0v) is 18.3. The Morgan fingerprint density at radius 1 is 1.19 bits per heavy atom. The van der Waals surface area contributed by atoms with Crippen LogP contribution in [0, 0.1) is 25.5 Å². The number of benzene rings is 1. The Morgan fingerprint density at radius 3 is 2.59 bits per heavy atom. The van der Waals surface area contributed by atoms with Gasteiger partial charge in [0.25, 0.3) is 0 Å².